The number of aromatic nitrogens is 6. The highest BCUT2D eigenvalue weighted by atomic mass is 16.6. The summed E-state index contributed by atoms with van der Waals surface area (Å²) in [6.45, 7) is 3.67. The number of rotatable bonds is 5. The molecule has 5 aromatic rings. The average Bonchev–Trinajstić information content (AvgIpc) is 3.85. The van der Waals surface area contributed by atoms with Crippen LogP contribution in [0, 0.1) is 0 Å². The molecule has 0 unspecified atom stereocenters. The molecule has 2 atom stereocenters. The lowest BCUT2D eigenvalue weighted by atomic mass is 10.2. The van der Waals surface area contributed by atoms with Gasteiger partial charge >= 0.3 is 24.1 Å². The van der Waals surface area contributed by atoms with E-state index in [9.17, 15) is 19.2 Å². The van der Waals surface area contributed by atoms with Crippen molar-refractivity contribution in [3.05, 3.63) is 103 Å². The van der Waals surface area contributed by atoms with Crippen LogP contribution in [0.25, 0.3) is 0 Å². The lowest BCUT2D eigenvalue weighted by Crippen LogP contribution is -2.48. The average molecular weight is 775 g/mol. The van der Waals surface area contributed by atoms with Crippen molar-refractivity contribution in [2.24, 2.45) is 0 Å². The molecular formula is C38H38N12O7. The SMILES string of the molecule is COC(=O)c1ccc2c(n1)N(C(=O)Nc1cnccn1)[C@H]1CCN2C1.COC(=O)c1ccc2c(n1)N[C@H]1CCN2C1.O=C(Nc1cnccn1)Oc1ccccc1. The minimum Gasteiger partial charge on any atom is -0.464 e. The van der Waals surface area contributed by atoms with Crippen molar-refractivity contribution < 1.29 is 33.4 Å². The standard InChI is InChI=1S/C16H16N6O3.C11H13N3O2.C11H9N3O2/c1-25-15(23)11-2-3-12-14(19-11)22(10-4-7-21(12)9-10)16(24)20-13-8-17-5-6-18-13;1-16-11(15)8-2-3-9-10(13-8)12-7-4-5-14(9)6-7;15-11(14-10-8-12-6-7-13-10)16-9-4-2-1-3-5-9/h2-3,5-6,8,10H,4,7,9H2,1H3,(H,18,20,24);2-3,7H,4-6H2,1H3,(H,12,13);1-8H,(H,13,14,15)/t10-;7-;/m00./s1. The van der Waals surface area contributed by atoms with Crippen molar-refractivity contribution in [3.63, 3.8) is 0 Å². The molecule has 292 valence electrons. The largest absolute Gasteiger partial charge is 0.464 e. The highest BCUT2D eigenvalue weighted by Gasteiger charge is 2.40. The molecule has 3 amide bonds. The van der Waals surface area contributed by atoms with E-state index < -0.39 is 18.0 Å². The van der Waals surface area contributed by atoms with Gasteiger partial charge in [0.25, 0.3) is 0 Å². The van der Waals surface area contributed by atoms with Gasteiger partial charge in [-0.25, -0.2) is 39.1 Å². The zero-order chi connectivity index (χ0) is 39.7. The maximum atomic E-state index is 12.8. The molecule has 0 spiro atoms. The van der Waals surface area contributed by atoms with Crippen molar-refractivity contribution >= 4 is 58.7 Å². The number of ether oxygens (including phenoxy) is 3. The summed E-state index contributed by atoms with van der Waals surface area (Å²) < 4.78 is 14.4. The molecule has 4 aromatic heterocycles. The molecule has 3 N–H and O–H groups in total. The Hall–Kier alpha value is -7.44. The van der Waals surface area contributed by atoms with E-state index in [1.807, 2.05) is 12.1 Å². The molecular weight excluding hydrogens is 736 g/mol. The van der Waals surface area contributed by atoms with Crippen LogP contribution >= 0.6 is 0 Å². The normalized spacial score (nSPS) is 16.5. The van der Waals surface area contributed by atoms with E-state index in [1.165, 1.54) is 51.4 Å². The van der Waals surface area contributed by atoms with E-state index in [2.05, 4.69) is 60.4 Å². The Morgan fingerprint density at radius 1 is 0.719 bits per heavy atom. The summed E-state index contributed by atoms with van der Waals surface area (Å²) >= 11 is 0. The molecule has 2 saturated heterocycles. The maximum Gasteiger partial charge on any atom is 0.418 e. The number of carbonyl (C=O) groups excluding carboxylic acids is 4. The van der Waals surface area contributed by atoms with Crippen LogP contribution in [-0.4, -0.2) is 106 Å². The third kappa shape index (κ3) is 8.93. The Morgan fingerprint density at radius 3 is 2.02 bits per heavy atom. The van der Waals surface area contributed by atoms with Gasteiger partial charge in [-0.1, -0.05) is 18.2 Å². The van der Waals surface area contributed by atoms with E-state index in [0.717, 1.165) is 56.2 Å². The molecule has 4 aliphatic rings. The minimum absolute atomic E-state index is 0.00966. The van der Waals surface area contributed by atoms with Crippen LogP contribution in [0.4, 0.5) is 44.2 Å². The number of esters is 2. The number of methoxy groups -OCH3 is 2. The van der Waals surface area contributed by atoms with Crippen molar-refractivity contribution in [3.8, 4) is 5.75 Å². The number of fused-ring (bicyclic) bond motifs is 8. The molecule has 8 heterocycles. The first-order valence-electron chi connectivity index (χ1n) is 17.9. The number of nitrogens with one attached hydrogen (secondary N) is 3. The molecule has 4 bridgehead atoms. The third-order valence-electron chi connectivity index (χ3n) is 9.25. The predicted octanol–water partition coefficient (Wildman–Crippen LogP) is 4.25. The Balaban J connectivity index is 0.000000136. The smallest absolute Gasteiger partial charge is 0.418 e. The number of urea groups is 1. The summed E-state index contributed by atoms with van der Waals surface area (Å²) in [5.74, 6) is 1.52. The first-order valence-corrected chi connectivity index (χ1v) is 17.9. The van der Waals surface area contributed by atoms with Crippen LogP contribution < -0.4 is 35.4 Å². The number of hydrogen-bond donors (Lipinski definition) is 3. The molecule has 57 heavy (non-hydrogen) atoms. The number of anilines is 6. The van der Waals surface area contributed by atoms with Gasteiger partial charge in [-0.05, 0) is 49.2 Å². The Labute approximate surface area is 326 Å². The van der Waals surface area contributed by atoms with Gasteiger partial charge in [0.2, 0.25) is 0 Å². The second-order valence-electron chi connectivity index (χ2n) is 12.9. The van der Waals surface area contributed by atoms with Gasteiger partial charge in [0.1, 0.15) is 5.75 Å². The second-order valence-corrected chi connectivity index (χ2v) is 12.9. The number of pyridine rings is 2. The van der Waals surface area contributed by atoms with Crippen LogP contribution in [0.3, 0.4) is 0 Å². The van der Waals surface area contributed by atoms with Gasteiger partial charge < -0.3 is 29.3 Å². The first kappa shape index (κ1) is 37.9. The van der Waals surface area contributed by atoms with Gasteiger partial charge in [-0.15, -0.1) is 0 Å². The van der Waals surface area contributed by atoms with Crippen molar-refractivity contribution in [2.45, 2.75) is 24.9 Å². The fourth-order valence-electron chi connectivity index (χ4n) is 6.63. The van der Waals surface area contributed by atoms with Crippen molar-refractivity contribution in [1.29, 1.82) is 0 Å². The third-order valence-corrected chi connectivity index (χ3v) is 9.25. The summed E-state index contributed by atoms with van der Waals surface area (Å²) in [7, 11) is 2.67. The maximum absolute atomic E-state index is 12.8. The molecule has 0 aliphatic carbocycles. The Bertz CT molecular complexity index is 2180. The van der Waals surface area contributed by atoms with Gasteiger partial charge in [0.15, 0.2) is 34.7 Å². The number of nitrogens with zero attached hydrogens (tertiary/aromatic N) is 9. The van der Waals surface area contributed by atoms with Crippen LogP contribution in [0.15, 0.2) is 91.8 Å². The van der Waals surface area contributed by atoms with Crippen LogP contribution in [0.5, 0.6) is 5.75 Å². The van der Waals surface area contributed by atoms with Gasteiger partial charge in [-0.3, -0.25) is 25.5 Å². The quantitative estimate of drug-likeness (QED) is 0.213. The fraction of sp³-hybridized carbons (Fsp3) is 0.263. The molecule has 9 rings (SSSR count). The van der Waals surface area contributed by atoms with E-state index in [1.54, 1.807) is 47.4 Å². The highest BCUT2D eigenvalue weighted by molar-refractivity contribution is 6.04. The number of hydrogen-bond acceptors (Lipinski definition) is 16. The zero-order valence-electron chi connectivity index (χ0n) is 30.9. The van der Waals surface area contributed by atoms with Gasteiger partial charge in [-0.2, -0.15) is 0 Å². The molecule has 1 aromatic carbocycles. The van der Waals surface area contributed by atoms with Crippen molar-refractivity contribution in [2.75, 3.05) is 71.0 Å². The molecule has 19 nitrogen and oxygen atoms in total. The first-order chi connectivity index (χ1) is 27.8. The minimum atomic E-state index is -0.591. The van der Waals surface area contributed by atoms with E-state index in [0.29, 0.717) is 34.9 Å². The lowest BCUT2D eigenvalue weighted by molar-refractivity contribution is 0.0585. The van der Waals surface area contributed by atoms with E-state index in [4.69, 9.17) is 9.47 Å². The topological polar surface area (TPSA) is 219 Å². The summed E-state index contributed by atoms with van der Waals surface area (Å²) in [5, 5.41) is 8.54. The Kier molecular flexibility index (Phi) is 11.5. The molecule has 2 fully saturated rings. The number of carbonyl (C=O) groups is 4. The summed E-state index contributed by atoms with van der Waals surface area (Å²) in [5.41, 5.74) is 2.44. The molecule has 0 radical (unpaired) electrons. The summed E-state index contributed by atoms with van der Waals surface area (Å²) in [6.07, 6.45) is 10.3. The second kappa shape index (κ2) is 17.4. The number of para-hydroxylation sites is 1. The number of amides is 3. The van der Waals surface area contributed by atoms with E-state index >= 15 is 0 Å². The summed E-state index contributed by atoms with van der Waals surface area (Å²) in [6, 6.07) is 16.0. The molecule has 0 saturated carbocycles. The number of benzene rings is 1. The van der Waals surface area contributed by atoms with E-state index in [-0.39, 0.29) is 17.8 Å². The molecule has 4 aliphatic heterocycles. The van der Waals surface area contributed by atoms with Crippen LogP contribution in [0.2, 0.25) is 0 Å². The van der Waals surface area contributed by atoms with Crippen LogP contribution in [0.1, 0.15) is 33.8 Å². The monoisotopic (exact) mass is 774 g/mol. The van der Waals surface area contributed by atoms with Crippen LogP contribution in [-0.2, 0) is 9.47 Å². The fourth-order valence-corrected chi connectivity index (χ4v) is 6.63. The highest BCUT2D eigenvalue weighted by Crippen LogP contribution is 2.39. The molecule has 19 heteroatoms. The summed E-state index contributed by atoms with van der Waals surface area (Å²) in [4.78, 5) is 77.8. The predicted molar refractivity (Wildman–Crippen MR) is 208 cm³/mol. The lowest BCUT2D eigenvalue weighted by Gasteiger charge is -2.35. The van der Waals surface area contributed by atoms with Crippen molar-refractivity contribution in [1.82, 2.24) is 29.9 Å². The Morgan fingerprint density at radius 2 is 1.35 bits per heavy atom. The van der Waals surface area contributed by atoms with Gasteiger partial charge in [0, 0.05) is 57.0 Å². The van der Waals surface area contributed by atoms with Gasteiger partial charge in [0.05, 0.1) is 44.0 Å². The zero-order valence-corrected chi connectivity index (χ0v) is 30.9.